The van der Waals surface area contributed by atoms with E-state index in [1.807, 2.05) is 41.3 Å². The predicted molar refractivity (Wildman–Crippen MR) is 118 cm³/mol. The van der Waals surface area contributed by atoms with Crippen molar-refractivity contribution < 1.29 is 14.0 Å². The smallest absolute Gasteiger partial charge is 0.220 e. The summed E-state index contributed by atoms with van der Waals surface area (Å²) in [6, 6.07) is 9.83. The fourth-order valence-electron chi connectivity index (χ4n) is 3.12. The highest BCUT2D eigenvalue weighted by molar-refractivity contribution is 6.74. The lowest BCUT2D eigenvalue weighted by Crippen LogP contribution is -2.58. The van der Waals surface area contributed by atoms with Crippen LogP contribution < -0.4 is 0 Å². The van der Waals surface area contributed by atoms with Gasteiger partial charge in [-0.3, -0.25) is 4.79 Å². The van der Waals surface area contributed by atoms with E-state index >= 15 is 0 Å². The summed E-state index contributed by atoms with van der Waals surface area (Å²) >= 11 is 0. The lowest BCUT2D eigenvalue weighted by Gasteiger charge is -2.46. The van der Waals surface area contributed by atoms with Gasteiger partial charge in [0.15, 0.2) is 8.32 Å². The molecule has 154 valence electrons. The SMILES string of the molecule is C=C[C@H](OCc1ccccc1)[C@@H]1[C@H](O[Si](C)(C)C(C)(C)C)C=CCN1C(C)=O. The molecule has 0 unspecified atom stereocenters. The van der Waals surface area contributed by atoms with E-state index in [0.29, 0.717) is 13.2 Å². The third-order valence-electron chi connectivity index (χ3n) is 5.82. The van der Waals surface area contributed by atoms with Crippen LogP contribution in [0.1, 0.15) is 33.3 Å². The molecule has 5 heteroatoms. The molecule has 0 saturated carbocycles. The Hall–Kier alpha value is -1.69. The van der Waals surface area contributed by atoms with Crippen molar-refractivity contribution in [1.82, 2.24) is 4.90 Å². The highest BCUT2D eigenvalue weighted by Crippen LogP contribution is 2.39. The summed E-state index contributed by atoms with van der Waals surface area (Å²) in [5.74, 6) is 0.0216. The highest BCUT2D eigenvalue weighted by atomic mass is 28.4. The van der Waals surface area contributed by atoms with E-state index in [-0.39, 0.29) is 29.2 Å². The van der Waals surface area contributed by atoms with E-state index < -0.39 is 8.32 Å². The number of carbonyl (C=O) groups excluding carboxylic acids is 1. The molecule has 0 spiro atoms. The zero-order valence-corrected chi connectivity index (χ0v) is 19.1. The maximum Gasteiger partial charge on any atom is 0.220 e. The van der Waals surface area contributed by atoms with Crippen LogP contribution in [0.15, 0.2) is 55.1 Å². The molecule has 0 aromatic heterocycles. The van der Waals surface area contributed by atoms with Crippen molar-refractivity contribution in [3.05, 3.63) is 60.7 Å². The van der Waals surface area contributed by atoms with E-state index in [1.54, 1.807) is 13.0 Å². The van der Waals surface area contributed by atoms with E-state index in [2.05, 4.69) is 46.5 Å². The summed E-state index contributed by atoms with van der Waals surface area (Å²) in [6.07, 6.45) is 5.38. The molecule has 28 heavy (non-hydrogen) atoms. The average molecular weight is 402 g/mol. The van der Waals surface area contributed by atoms with Gasteiger partial charge < -0.3 is 14.1 Å². The minimum atomic E-state index is -2.02. The van der Waals surface area contributed by atoms with Crippen molar-refractivity contribution in [2.45, 2.75) is 70.7 Å². The fourth-order valence-corrected chi connectivity index (χ4v) is 4.37. The molecule has 2 rings (SSSR count). The molecule has 1 heterocycles. The van der Waals surface area contributed by atoms with Gasteiger partial charge in [0.2, 0.25) is 5.91 Å². The number of ether oxygens (including phenoxy) is 1. The minimum Gasteiger partial charge on any atom is -0.408 e. The van der Waals surface area contributed by atoms with Crippen molar-refractivity contribution in [1.29, 1.82) is 0 Å². The first-order valence-corrected chi connectivity index (χ1v) is 12.9. The molecule has 1 aromatic rings. The third kappa shape index (κ3) is 5.43. The highest BCUT2D eigenvalue weighted by Gasteiger charge is 2.44. The van der Waals surface area contributed by atoms with Crippen LogP contribution in [-0.2, 0) is 20.6 Å². The number of carbonyl (C=O) groups is 1. The minimum absolute atomic E-state index is 0.0216. The van der Waals surface area contributed by atoms with Crippen LogP contribution in [-0.4, -0.2) is 43.9 Å². The van der Waals surface area contributed by atoms with Crippen LogP contribution >= 0.6 is 0 Å². The Morgan fingerprint density at radius 1 is 1.32 bits per heavy atom. The second-order valence-corrected chi connectivity index (χ2v) is 13.7. The van der Waals surface area contributed by atoms with Gasteiger partial charge >= 0.3 is 0 Å². The Morgan fingerprint density at radius 3 is 2.50 bits per heavy atom. The molecule has 3 atom stereocenters. The van der Waals surface area contributed by atoms with Crippen LogP contribution in [0.4, 0.5) is 0 Å². The molecule has 1 amide bonds. The van der Waals surface area contributed by atoms with Gasteiger partial charge in [0.25, 0.3) is 0 Å². The Bertz CT molecular complexity index is 694. The van der Waals surface area contributed by atoms with E-state index in [1.165, 1.54) is 0 Å². The maximum absolute atomic E-state index is 12.4. The standard InChI is InChI=1S/C23H35NO3Si/c1-8-20(26-17-19-13-10-9-11-14-19)22-21(15-12-16-24(22)18(2)25)27-28(6,7)23(3,4)5/h8-15,20-22H,1,16-17H2,2-7H3/t20-,21+,22+/m0/s1. The van der Waals surface area contributed by atoms with Crippen molar-refractivity contribution >= 4 is 14.2 Å². The summed E-state index contributed by atoms with van der Waals surface area (Å²) < 4.78 is 12.9. The van der Waals surface area contributed by atoms with Crippen LogP contribution in [0, 0.1) is 0 Å². The number of rotatable bonds is 7. The molecule has 1 aliphatic heterocycles. The fraction of sp³-hybridized carbons (Fsp3) is 0.522. The molecular weight excluding hydrogens is 366 g/mol. The third-order valence-corrected chi connectivity index (χ3v) is 10.3. The normalized spacial score (nSPS) is 21.4. The van der Waals surface area contributed by atoms with Crippen molar-refractivity contribution in [2.24, 2.45) is 0 Å². The largest absolute Gasteiger partial charge is 0.408 e. The first-order chi connectivity index (χ1) is 13.1. The second-order valence-electron chi connectivity index (χ2n) is 8.93. The number of amides is 1. The first-order valence-electron chi connectivity index (χ1n) is 9.96. The summed E-state index contributed by atoms with van der Waals surface area (Å²) in [5.41, 5.74) is 1.09. The molecule has 0 fully saturated rings. The molecule has 0 aliphatic carbocycles. The van der Waals surface area contributed by atoms with Gasteiger partial charge in [-0.15, -0.1) is 6.58 Å². The topological polar surface area (TPSA) is 38.8 Å². The van der Waals surface area contributed by atoms with E-state index in [9.17, 15) is 4.79 Å². The van der Waals surface area contributed by atoms with Gasteiger partial charge in [0.1, 0.15) is 0 Å². The Kier molecular flexibility index (Phi) is 7.43. The quantitative estimate of drug-likeness (QED) is 0.480. The Balaban J connectivity index is 2.27. The Labute approximate surface area is 171 Å². The van der Waals surface area contributed by atoms with Gasteiger partial charge in [-0.25, -0.2) is 0 Å². The van der Waals surface area contributed by atoms with Crippen LogP contribution in [0.2, 0.25) is 18.1 Å². The predicted octanol–water partition coefficient (Wildman–Crippen LogP) is 4.94. The maximum atomic E-state index is 12.4. The van der Waals surface area contributed by atoms with Crippen LogP contribution in [0.3, 0.4) is 0 Å². The number of hydrogen-bond acceptors (Lipinski definition) is 3. The average Bonchev–Trinajstić information content (AvgIpc) is 2.62. The van der Waals surface area contributed by atoms with Gasteiger partial charge in [-0.05, 0) is 23.7 Å². The number of nitrogens with zero attached hydrogens (tertiary/aromatic N) is 1. The molecule has 1 aromatic carbocycles. The first kappa shape index (κ1) is 22.6. The summed E-state index contributed by atoms with van der Waals surface area (Å²) in [5, 5.41) is 0.0818. The van der Waals surface area contributed by atoms with Crippen molar-refractivity contribution in [3.63, 3.8) is 0 Å². The molecular formula is C23H35NO3Si. The van der Waals surface area contributed by atoms with Gasteiger partial charge in [-0.2, -0.15) is 0 Å². The number of benzene rings is 1. The van der Waals surface area contributed by atoms with Gasteiger partial charge in [0.05, 0.1) is 24.9 Å². The van der Waals surface area contributed by atoms with Crippen LogP contribution in [0.25, 0.3) is 0 Å². The number of hydrogen-bond donors (Lipinski definition) is 0. The van der Waals surface area contributed by atoms with E-state index in [0.717, 1.165) is 5.56 Å². The zero-order chi connectivity index (χ0) is 20.9. The zero-order valence-electron chi connectivity index (χ0n) is 18.1. The Morgan fingerprint density at radius 2 is 1.96 bits per heavy atom. The van der Waals surface area contributed by atoms with Gasteiger partial charge in [0, 0.05) is 13.5 Å². The van der Waals surface area contributed by atoms with E-state index in [4.69, 9.17) is 9.16 Å². The lowest BCUT2D eigenvalue weighted by atomic mass is 9.98. The molecule has 0 radical (unpaired) electrons. The molecule has 0 saturated heterocycles. The van der Waals surface area contributed by atoms with Crippen molar-refractivity contribution in [3.8, 4) is 0 Å². The summed E-state index contributed by atoms with van der Waals surface area (Å²) in [4.78, 5) is 14.2. The molecule has 4 nitrogen and oxygen atoms in total. The molecule has 0 bridgehead atoms. The summed E-state index contributed by atoms with van der Waals surface area (Å²) in [7, 11) is -2.02. The van der Waals surface area contributed by atoms with Crippen LogP contribution in [0.5, 0.6) is 0 Å². The monoisotopic (exact) mass is 401 g/mol. The van der Waals surface area contributed by atoms with Crippen molar-refractivity contribution in [2.75, 3.05) is 6.54 Å². The molecule has 0 N–H and O–H groups in total. The second kappa shape index (κ2) is 9.20. The van der Waals surface area contributed by atoms with Gasteiger partial charge in [-0.1, -0.05) is 69.3 Å². The summed E-state index contributed by atoms with van der Waals surface area (Å²) in [6.45, 7) is 17.8. The molecule has 1 aliphatic rings. The lowest BCUT2D eigenvalue weighted by molar-refractivity contribution is -0.137.